The van der Waals surface area contributed by atoms with Crippen LogP contribution in [-0.4, -0.2) is 38.8 Å². The average molecular weight is 292 g/mol. The third kappa shape index (κ3) is 5.27. The standard InChI is InChI=1S/C16H24N2O3/c1-20-13-6-8-14(9-7-13)21-12-4-11-18-16(19)15-5-2-3-10-17-15/h6-9,15,17H,2-5,10-12H2,1H3,(H,18,19). The first kappa shape index (κ1) is 15.6. The third-order valence-corrected chi connectivity index (χ3v) is 3.58. The van der Waals surface area contributed by atoms with Crippen molar-refractivity contribution in [3.8, 4) is 11.5 Å². The van der Waals surface area contributed by atoms with Gasteiger partial charge in [0.05, 0.1) is 19.8 Å². The maximum absolute atomic E-state index is 11.9. The second kappa shape index (κ2) is 8.52. The van der Waals surface area contributed by atoms with Crippen molar-refractivity contribution >= 4 is 5.91 Å². The molecule has 1 aliphatic rings. The molecule has 0 radical (unpaired) electrons. The molecule has 2 rings (SSSR count). The Morgan fingerprint density at radius 1 is 1.29 bits per heavy atom. The van der Waals surface area contributed by atoms with Gasteiger partial charge in [-0.1, -0.05) is 6.42 Å². The lowest BCUT2D eigenvalue weighted by Crippen LogP contribution is -2.46. The molecule has 1 heterocycles. The largest absolute Gasteiger partial charge is 0.497 e. The van der Waals surface area contributed by atoms with Crippen LogP contribution < -0.4 is 20.1 Å². The molecule has 1 aromatic carbocycles. The van der Waals surface area contributed by atoms with Crippen molar-refractivity contribution in [2.45, 2.75) is 31.7 Å². The van der Waals surface area contributed by atoms with E-state index in [0.717, 1.165) is 37.3 Å². The van der Waals surface area contributed by atoms with Crippen LogP contribution in [0.25, 0.3) is 0 Å². The van der Waals surface area contributed by atoms with E-state index in [1.165, 1.54) is 6.42 Å². The molecule has 1 amide bonds. The van der Waals surface area contributed by atoms with Gasteiger partial charge in [0.25, 0.3) is 0 Å². The topological polar surface area (TPSA) is 59.6 Å². The number of amides is 1. The van der Waals surface area contributed by atoms with Crippen LogP contribution >= 0.6 is 0 Å². The first-order valence-corrected chi connectivity index (χ1v) is 7.57. The highest BCUT2D eigenvalue weighted by Crippen LogP contribution is 2.16. The molecule has 0 spiro atoms. The van der Waals surface area contributed by atoms with Gasteiger partial charge in [-0.2, -0.15) is 0 Å². The normalized spacial score (nSPS) is 18.0. The monoisotopic (exact) mass is 292 g/mol. The van der Waals surface area contributed by atoms with Gasteiger partial charge in [0.2, 0.25) is 5.91 Å². The molecule has 1 fully saturated rings. The predicted octanol–water partition coefficient (Wildman–Crippen LogP) is 1.72. The first-order valence-electron chi connectivity index (χ1n) is 7.57. The summed E-state index contributed by atoms with van der Waals surface area (Å²) >= 11 is 0. The highest BCUT2D eigenvalue weighted by atomic mass is 16.5. The predicted molar refractivity (Wildman–Crippen MR) is 81.8 cm³/mol. The Hall–Kier alpha value is -1.75. The Labute approximate surface area is 126 Å². The van der Waals surface area contributed by atoms with Crippen molar-refractivity contribution in [3.63, 3.8) is 0 Å². The molecule has 116 valence electrons. The van der Waals surface area contributed by atoms with Gasteiger partial charge in [0.1, 0.15) is 11.5 Å². The number of rotatable bonds is 7. The number of nitrogens with one attached hydrogen (secondary N) is 2. The Morgan fingerprint density at radius 3 is 2.71 bits per heavy atom. The van der Waals surface area contributed by atoms with Crippen molar-refractivity contribution < 1.29 is 14.3 Å². The minimum Gasteiger partial charge on any atom is -0.497 e. The number of piperidine rings is 1. The second-order valence-electron chi connectivity index (χ2n) is 5.17. The van der Waals surface area contributed by atoms with Crippen molar-refractivity contribution in [1.82, 2.24) is 10.6 Å². The van der Waals surface area contributed by atoms with Gasteiger partial charge in [0, 0.05) is 6.54 Å². The highest BCUT2D eigenvalue weighted by molar-refractivity contribution is 5.81. The fraction of sp³-hybridized carbons (Fsp3) is 0.562. The quantitative estimate of drug-likeness (QED) is 0.751. The summed E-state index contributed by atoms with van der Waals surface area (Å²) < 4.78 is 10.7. The molecule has 1 aromatic rings. The summed E-state index contributed by atoms with van der Waals surface area (Å²) in [7, 11) is 1.64. The fourth-order valence-corrected chi connectivity index (χ4v) is 2.34. The molecule has 1 aliphatic heterocycles. The lowest BCUT2D eigenvalue weighted by Gasteiger charge is -2.22. The summed E-state index contributed by atoms with van der Waals surface area (Å²) in [5.41, 5.74) is 0. The maximum atomic E-state index is 11.9. The molecule has 1 unspecified atom stereocenters. The Balaban J connectivity index is 1.57. The van der Waals surface area contributed by atoms with E-state index in [1.807, 2.05) is 24.3 Å². The van der Waals surface area contributed by atoms with Crippen LogP contribution in [0.4, 0.5) is 0 Å². The molecule has 1 saturated heterocycles. The van der Waals surface area contributed by atoms with E-state index in [9.17, 15) is 4.79 Å². The van der Waals surface area contributed by atoms with Gasteiger partial charge in [-0.15, -0.1) is 0 Å². The van der Waals surface area contributed by atoms with Crippen LogP contribution in [0.2, 0.25) is 0 Å². The Bertz CT molecular complexity index is 428. The minimum absolute atomic E-state index is 0.0127. The van der Waals surface area contributed by atoms with Crippen molar-refractivity contribution in [2.75, 3.05) is 26.8 Å². The number of hydrogen-bond acceptors (Lipinski definition) is 4. The average Bonchev–Trinajstić information content (AvgIpc) is 2.55. The molecular weight excluding hydrogens is 268 g/mol. The van der Waals surface area contributed by atoms with E-state index >= 15 is 0 Å². The molecule has 21 heavy (non-hydrogen) atoms. The minimum atomic E-state index is -0.0127. The third-order valence-electron chi connectivity index (χ3n) is 3.58. The van der Waals surface area contributed by atoms with Crippen LogP contribution in [0.15, 0.2) is 24.3 Å². The number of carbonyl (C=O) groups excluding carboxylic acids is 1. The van der Waals surface area contributed by atoms with Gasteiger partial charge in [-0.25, -0.2) is 0 Å². The zero-order valence-corrected chi connectivity index (χ0v) is 12.6. The van der Waals surface area contributed by atoms with E-state index in [2.05, 4.69) is 10.6 Å². The van der Waals surface area contributed by atoms with Gasteiger partial charge in [-0.05, 0) is 50.1 Å². The van der Waals surface area contributed by atoms with Gasteiger partial charge in [-0.3, -0.25) is 4.79 Å². The van der Waals surface area contributed by atoms with Crippen molar-refractivity contribution in [2.24, 2.45) is 0 Å². The zero-order chi connectivity index (χ0) is 14.9. The van der Waals surface area contributed by atoms with Crippen LogP contribution in [0, 0.1) is 0 Å². The molecule has 2 N–H and O–H groups in total. The molecule has 0 bridgehead atoms. The van der Waals surface area contributed by atoms with Crippen LogP contribution in [-0.2, 0) is 4.79 Å². The highest BCUT2D eigenvalue weighted by Gasteiger charge is 2.19. The Morgan fingerprint density at radius 2 is 2.05 bits per heavy atom. The Kier molecular flexibility index (Phi) is 6.34. The number of ether oxygens (including phenoxy) is 2. The summed E-state index contributed by atoms with van der Waals surface area (Å²) in [6.07, 6.45) is 4.03. The molecule has 1 atom stereocenters. The second-order valence-corrected chi connectivity index (χ2v) is 5.17. The molecule has 5 nitrogen and oxygen atoms in total. The van der Waals surface area contributed by atoms with Crippen LogP contribution in [0.5, 0.6) is 11.5 Å². The fourth-order valence-electron chi connectivity index (χ4n) is 2.34. The summed E-state index contributed by atoms with van der Waals surface area (Å²) in [5.74, 6) is 1.74. The van der Waals surface area contributed by atoms with E-state index in [-0.39, 0.29) is 11.9 Å². The molecule has 5 heteroatoms. The van der Waals surface area contributed by atoms with E-state index in [4.69, 9.17) is 9.47 Å². The lowest BCUT2D eigenvalue weighted by atomic mass is 10.0. The lowest BCUT2D eigenvalue weighted by molar-refractivity contribution is -0.123. The summed E-state index contributed by atoms with van der Waals surface area (Å²) in [5, 5.41) is 6.20. The van der Waals surface area contributed by atoms with Gasteiger partial charge in [0.15, 0.2) is 0 Å². The SMILES string of the molecule is COc1ccc(OCCCNC(=O)C2CCCCN2)cc1. The first-order chi connectivity index (χ1) is 10.3. The summed E-state index contributed by atoms with van der Waals surface area (Å²) in [6.45, 7) is 2.18. The molecule has 0 aromatic heterocycles. The molecule has 0 aliphatic carbocycles. The van der Waals surface area contributed by atoms with E-state index in [0.29, 0.717) is 13.2 Å². The number of hydrogen-bond donors (Lipinski definition) is 2. The van der Waals surface area contributed by atoms with Crippen LogP contribution in [0.1, 0.15) is 25.7 Å². The van der Waals surface area contributed by atoms with Crippen LogP contribution in [0.3, 0.4) is 0 Å². The number of methoxy groups -OCH3 is 1. The van der Waals surface area contributed by atoms with Crippen molar-refractivity contribution in [3.05, 3.63) is 24.3 Å². The molecular formula is C16H24N2O3. The zero-order valence-electron chi connectivity index (χ0n) is 12.6. The maximum Gasteiger partial charge on any atom is 0.237 e. The summed E-state index contributed by atoms with van der Waals surface area (Å²) in [6, 6.07) is 7.48. The molecule has 0 saturated carbocycles. The van der Waals surface area contributed by atoms with Gasteiger partial charge >= 0.3 is 0 Å². The van der Waals surface area contributed by atoms with E-state index in [1.54, 1.807) is 7.11 Å². The number of benzene rings is 1. The van der Waals surface area contributed by atoms with E-state index < -0.39 is 0 Å². The smallest absolute Gasteiger partial charge is 0.237 e. The van der Waals surface area contributed by atoms with Gasteiger partial charge < -0.3 is 20.1 Å². The summed E-state index contributed by atoms with van der Waals surface area (Å²) in [4.78, 5) is 11.9. The van der Waals surface area contributed by atoms with Crippen molar-refractivity contribution in [1.29, 1.82) is 0 Å². The number of carbonyl (C=O) groups is 1.